The van der Waals surface area contributed by atoms with Gasteiger partial charge in [0.05, 0.1) is 18.9 Å². The molecule has 0 saturated carbocycles. The molecule has 0 aliphatic rings. The predicted octanol–water partition coefficient (Wildman–Crippen LogP) is 2.48. The number of rotatable bonds is 3. The van der Waals surface area contributed by atoms with Gasteiger partial charge in [0.1, 0.15) is 5.15 Å². The molecule has 1 rings (SSSR count). The first-order valence-corrected chi connectivity index (χ1v) is 5.54. The fraction of sp³-hybridized carbons (Fsp3) is 0.364. The first-order chi connectivity index (χ1) is 8.43. The molecule has 1 amide bonds. The average molecular weight is 273 g/mol. The van der Waals surface area contributed by atoms with Crippen LogP contribution in [0, 0.1) is 0 Å². The lowest BCUT2D eigenvalue weighted by Gasteiger charge is -2.11. The minimum atomic E-state index is -0.697. The van der Waals surface area contributed by atoms with Crippen LogP contribution >= 0.6 is 11.6 Å². The molecule has 0 bridgehead atoms. The number of anilines is 1. The SMILES string of the molecule is COC(=O)c1nc(Cl)ccc1NC(=O)OC(C)C. The highest BCUT2D eigenvalue weighted by Gasteiger charge is 2.17. The summed E-state index contributed by atoms with van der Waals surface area (Å²) in [5, 5.41) is 2.52. The van der Waals surface area contributed by atoms with Gasteiger partial charge in [0, 0.05) is 0 Å². The standard InChI is InChI=1S/C11H13ClN2O4/c1-6(2)18-11(16)13-7-4-5-8(12)14-9(7)10(15)17-3/h4-6H,1-3H3,(H,13,16). The molecule has 0 aliphatic heterocycles. The van der Waals surface area contributed by atoms with E-state index in [-0.39, 0.29) is 22.6 Å². The van der Waals surface area contributed by atoms with Gasteiger partial charge in [0.2, 0.25) is 0 Å². The summed E-state index contributed by atoms with van der Waals surface area (Å²) in [6, 6.07) is 2.89. The number of amides is 1. The summed E-state index contributed by atoms with van der Waals surface area (Å²) in [4.78, 5) is 26.7. The second kappa shape index (κ2) is 6.20. The number of pyridine rings is 1. The molecule has 0 aliphatic carbocycles. The number of halogens is 1. The van der Waals surface area contributed by atoms with Crippen molar-refractivity contribution in [3.63, 3.8) is 0 Å². The van der Waals surface area contributed by atoms with E-state index in [1.54, 1.807) is 13.8 Å². The van der Waals surface area contributed by atoms with Gasteiger partial charge in [-0.25, -0.2) is 14.6 Å². The Morgan fingerprint density at radius 2 is 2.06 bits per heavy atom. The molecule has 1 aromatic heterocycles. The summed E-state index contributed by atoms with van der Waals surface area (Å²) in [6.07, 6.45) is -0.953. The van der Waals surface area contributed by atoms with E-state index >= 15 is 0 Å². The normalized spacial score (nSPS) is 10.1. The lowest BCUT2D eigenvalue weighted by atomic mass is 10.3. The van der Waals surface area contributed by atoms with E-state index in [0.29, 0.717) is 0 Å². The van der Waals surface area contributed by atoms with Gasteiger partial charge in [0.25, 0.3) is 0 Å². The molecule has 6 nitrogen and oxygen atoms in total. The Morgan fingerprint density at radius 1 is 1.39 bits per heavy atom. The van der Waals surface area contributed by atoms with Crippen LogP contribution in [0.4, 0.5) is 10.5 Å². The third-order valence-corrected chi connectivity index (χ3v) is 2.03. The maximum absolute atomic E-state index is 11.5. The predicted molar refractivity (Wildman–Crippen MR) is 65.8 cm³/mol. The lowest BCUT2D eigenvalue weighted by Crippen LogP contribution is -2.20. The van der Waals surface area contributed by atoms with Crippen molar-refractivity contribution in [2.24, 2.45) is 0 Å². The molecule has 1 heterocycles. The molecule has 0 saturated heterocycles. The Labute approximate surface area is 109 Å². The van der Waals surface area contributed by atoms with Gasteiger partial charge < -0.3 is 9.47 Å². The summed E-state index contributed by atoms with van der Waals surface area (Å²) >= 11 is 5.68. The summed E-state index contributed by atoms with van der Waals surface area (Å²) in [5.74, 6) is -0.697. The molecular formula is C11H13ClN2O4. The van der Waals surface area contributed by atoms with Crippen LogP contribution < -0.4 is 5.32 Å². The molecule has 7 heteroatoms. The van der Waals surface area contributed by atoms with Crippen LogP contribution in [0.3, 0.4) is 0 Å². The molecule has 0 aromatic carbocycles. The Hall–Kier alpha value is -1.82. The molecule has 0 spiro atoms. The molecule has 0 fully saturated rings. The maximum Gasteiger partial charge on any atom is 0.411 e. The molecular weight excluding hydrogens is 260 g/mol. The number of nitrogens with one attached hydrogen (secondary N) is 1. The third-order valence-electron chi connectivity index (χ3n) is 1.82. The summed E-state index contributed by atoms with van der Waals surface area (Å²) < 4.78 is 9.43. The smallest absolute Gasteiger partial charge is 0.411 e. The van der Waals surface area contributed by atoms with E-state index in [2.05, 4.69) is 15.0 Å². The fourth-order valence-electron chi connectivity index (χ4n) is 1.14. The summed E-state index contributed by atoms with van der Waals surface area (Å²) in [7, 11) is 1.21. The van der Waals surface area contributed by atoms with E-state index in [1.807, 2.05) is 0 Å². The zero-order valence-corrected chi connectivity index (χ0v) is 10.9. The van der Waals surface area contributed by atoms with Gasteiger partial charge in [-0.05, 0) is 26.0 Å². The quantitative estimate of drug-likeness (QED) is 0.675. The van der Waals surface area contributed by atoms with Gasteiger partial charge in [-0.3, -0.25) is 5.32 Å². The number of carbonyl (C=O) groups excluding carboxylic acids is 2. The Bertz CT molecular complexity index is 462. The molecule has 0 unspecified atom stereocenters. The van der Waals surface area contributed by atoms with Crippen molar-refractivity contribution in [1.29, 1.82) is 0 Å². The van der Waals surface area contributed by atoms with E-state index in [4.69, 9.17) is 16.3 Å². The monoisotopic (exact) mass is 272 g/mol. The number of carbonyl (C=O) groups is 2. The highest BCUT2D eigenvalue weighted by molar-refractivity contribution is 6.29. The van der Waals surface area contributed by atoms with E-state index in [9.17, 15) is 9.59 Å². The fourth-order valence-corrected chi connectivity index (χ4v) is 1.29. The zero-order chi connectivity index (χ0) is 13.7. The average Bonchev–Trinajstić information content (AvgIpc) is 2.29. The molecule has 1 aromatic rings. The number of esters is 1. The summed E-state index contributed by atoms with van der Waals surface area (Å²) in [6.45, 7) is 3.42. The van der Waals surface area contributed by atoms with Crippen molar-refractivity contribution in [1.82, 2.24) is 4.98 Å². The number of hydrogen-bond acceptors (Lipinski definition) is 5. The maximum atomic E-state index is 11.5. The Balaban J connectivity index is 2.94. The molecule has 18 heavy (non-hydrogen) atoms. The van der Waals surface area contributed by atoms with E-state index in [1.165, 1.54) is 19.2 Å². The Kier molecular flexibility index (Phi) is 4.91. The van der Waals surface area contributed by atoms with E-state index in [0.717, 1.165) is 0 Å². The van der Waals surface area contributed by atoms with Crippen LogP contribution in [0.1, 0.15) is 24.3 Å². The second-order valence-electron chi connectivity index (χ2n) is 3.60. The highest BCUT2D eigenvalue weighted by Crippen LogP contribution is 2.18. The van der Waals surface area contributed by atoms with Crippen molar-refractivity contribution in [3.8, 4) is 0 Å². The van der Waals surface area contributed by atoms with Gasteiger partial charge in [-0.1, -0.05) is 11.6 Å². The van der Waals surface area contributed by atoms with Gasteiger partial charge >= 0.3 is 12.1 Å². The van der Waals surface area contributed by atoms with E-state index < -0.39 is 12.1 Å². The molecule has 0 radical (unpaired) electrons. The number of methoxy groups -OCH3 is 1. The number of ether oxygens (including phenoxy) is 2. The van der Waals surface area contributed by atoms with Crippen molar-refractivity contribution in [2.75, 3.05) is 12.4 Å². The van der Waals surface area contributed by atoms with Crippen LogP contribution in [-0.4, -0.2) is 30.3 Å². The van der Waals surface area contributed by atoms with Crippen LogP contribution in [-0.2, 0) is 9.47 Å². The minimum absolute atomic E-state index is 0.0780. The van der Waals surface area contributed by atoms with Crippen LogP contribution in [0.5, 0.6) is 0 Å². The third kappa shape index (κ3) is 3.89. The van der Waals surface area contributed by atoms with Crippen molar-refractivity contribution in [3.05, 3.63) is 23.0 Å². The molecule has 0 atom stereocenters. The van der Waals surface area contributed by atoms with Crippen LogP contribution in [0.15, 0.2) is 12.1 Å². The second-order valence-corrected chi connectivity index (χ2v) is 3.99. The van der Waals surface area contributed by atoms with Crippen molar-refractivity contribution in [2.45, 2.75) is 20.0 Å². The first-order valence-electron chi connectivity index (χ1n) is 5.16. The minimum Gasteiger partial charge on any atom is -0.464 e. The first kappa shape index (κ1) is 14.2. The highest BCUT2D eigenvalue weighted by atomic mass is 35.5. The van der Waals surface area contributed by atoms with Crippen LogP contribution in [0.2, 0.25) is 5.15 Å². The van der Waals surface area contributed by atoms with Crippen molar-refractivity contribution < 1.29 is 19.1 Å². The number of nitrogens with zero attached hydrogens (tertiary/aromatic N) is 1. The van der Waals surface area contributed by atoms with Crippen LogP contribution in [0.25, 0.3) is 0 Å². The lowest BCUT2D eigenvalue weighted by molar-refractivity contribution is 0.0595. The molecule has 98 valence electrons. The largest absolute Gasteiger partial charge is 0.464 e. The van der Waals surface area contributed by atoms with Gasteiger partial charge in [-0.15, -0.1) is 0 Å². The number of aromatic nitrogens is 1. The van der Waals surface area contributed by atoms with Gasteiger partial charge in [-0.2, -0.15) is 0 Å². The Morgan fingerprint density at radius 3 is 2.61 bits per heavy atom. The van der Waals surface area contributed by atoms with Crippen molar-refractivity contribution >= 4 is 29.4 Å². The summed E-state index contributed by atoms with van der Waals surface area (Å²) in [5.41, 5.74) is 0.0996. The number of hydrogen-bond donors (Lipinski definition) is 1. The molecule has 1 N–H and O–H groups in total. The van der Waals surface area contributed by atoms with Gasteiger partial charge in [0.15, 0.2) is 5.69 Å². The zero-order valence-electron chi connectivity index (χ0n) is 10.2. The topological polar surface area (TPSA) is 77.5 Å².